The average Bonchev–Trinajstić information content (AvgIpc) is 3.22. The van der Waals surface area contributed by atoms with Crippen molar-refractivity contribution in [2.24, 2.45) is 4.99 Å². The van der Waals surface area contributed by atoms with E-state index in [-0.39, 0.29) is 5.91 Å². The van der Waals surface area contributed by atoms with Gasteiger partial charge in [0.2, 0.25) is 0 Å². The summed E-state index contributed by atoms with van der Waals surface area (Å²) < 4.78 is 0. The molecule has 1 heterocycles. The number of halogens is 1. The van der Waals surface area contributed by atoms with Crippen molar-refractivity contribution >= 4 is 40.4 Å². The Morgan fingerprint density at radius 1 is 1.11 bits per heavy atom. The zero-order valence-corrected chi connectivity index (χ0v) is 17.0. The molecule has 0 radical (unpaired) electrons. The number of hydrogen-bond acceptors (Lipinski definition) is 3. The summed E-state index contributed by atoms with van der Waals surface area (Å²) in [5.41, 5.74) is 3.95. The van der Waals surface area contributed by atoms with Crippen LogP contribution in [0.4, 0.5) is 0 Å². The van der Waals surface area contributed by atoms with Crippen LogP contribution in [0, 0.1) is 13.8 Å². The van der Waals surface area contributed by atoms with Gasteiger partial charge in [-0.15, -0.1) is 0 Å². The summed E-state index contributed by atoms with van der Waals surface area (Å²) in [5.74, 6) is -0.0641. The Bertz CT molecular complexity index is 976. The summed E-state index contributed by atoms with van der Waals surface area (Å²) in [6.07, 6.45) is 3.78. The maximum absolute atomic E-state index is 13.5. The number of carbonyl (C=O) groups is 1. The van der Waals surface area contributed by atoms with E-state index in [0.29, 0.717) is 21.3 Å². The van der Waals surface area contributed by atoms with Gasteiger partial charge in [0.25, 0.3) is 5.91 Å². The molecule has 1 aliphatic carbocycles. The summed E-state index contributed by atoms with van der Waals surface area (Å²) in [5, 5.41) is 0.636. The molecule has 4 rings (SSSR count). The predicted octanol–water partition coefficient (Wildman–Crippen LogP) is 5.50. The molecule has 1 aliphatic heterocycles. The van der Waals surface area contributed by atoms with Crippen LogP contribution in [0.25, 0.3) is 0 Å². The topological polar surface area (TPSA) is 32.7 Å². The van der Waals surface area contributed by atoms with Crippen LogP contribution in [0.3, 0.4) is 0 Å². The summed E-state index contributed by atoms with van der Waals surface area (Å²) in [6, 6.07) is 13.3. The van der Waals surface area contributed by atoms with Crippen LogP contribution < -0.4 is 0 Å². The van der Waals surface area contributed by atoms with Crippen molar-refractivity contribution in [2.75, 3.05) is 0 Å². The maximum atomic E-state index is 13.5. The van der Waals surface area contributed by atoms with Gasteiger partial charge < -0.3 is 0 Å². The van der Waals surface area contributed by atoms with Crippen LogP contribution >= 0.6 is 23.8 Å². The van der Waals surface area contributed by atoms with Crippen molar-refractivity contribution in [3.05, 3.63) is 69.7 Å². The van der Waals surface area contributed by atoms with E-state index in [9.17, 15) is 4.79 Å². The van der Waals surface area contributed by atoms with Gasteiger partial charge in [0.1, 0.15) is 16.4 Å². The third kappa shape index (κ3) is 3.11. The Labute approximate surface area is 170 Å². The van der Waals surface area contributed by atoms with Crippen molar-refractivity contribution in [1.29, 1.82) is 0 Å². The third-order valence-electron chi connectivity index (χ3n) is 5.60. The van der Waals surface area contributed by atoms with Gasteiger partial charge in [-0.25, -0.2) is 0 Å². The molecule has 2 aliphatic rings. The Hall–Kier alpha value is -2.04. The van der Waals surface area contributed by atoms with Gasteiger partial charge in [-0.2, -0.15) is 0 Å². The standard InChI is InChI=1S/C22H21ClN2OS/c1-14-8-9-17(12-15(14)2)20(26)25-21(27)19(16-6-5-7-18(23)13-16)24-22(25)10-3-4-11-22/h5-9,12-13H,3-4,10-11H2,1-2H3. The highest BCUT2D eigenvalue weighted by Crippen LogP contribution is 2.42. The van der Waals surface area contributed by atoms with Crippen LogP contribution in [-0.4, -0.2) is 27.2 Å². The summed E-state index contributed by atoms with van der Waals surface area (Å²) >= 11 is 11.9. The highest BCUT2D eigenvalue weighted by molar-refractivity contribution is 7.82. The first-order chi connectivity index (χ1) is 12.9. The van der Waals surface area contributed by atoms with Crippen molar-refractivity contribution < 1.29 is 4.79 Å². The van der Waals surface area contributed by atoms with E-state index in [4.69, 9.17) is 28.8 Å². The van der Waals surface area contributed by atoms with E-state index >= 15 is 0 Å². The quantitative estimate of drug-likeness (QED) is 0.628. The van der Waals surface area contributed by atoms with E-state index in [2.05, 4.69) is 0 Å². The fourth-order valence-corrected chi connectivity index (χ4v) is 4.59. The molecule has 1 fully saturated rings. The van der Waals surface area contributed by atoms with Crippen molar-refractivity contribution in [3.63, 3.8) is 0 Å². The van der Waals surface area contributed by atoms with Crippen LogP contribution in [0.15, 0.2) is 47.5 Å². The first kappa shape index (κ1) is 18.3. The molecule has 5 heteroatoms. The van der Waals surface area contributed by atoms with Gasteiger partial charge in [-0.1, -0.05) is 42.0 Å². The largest absolute Gasteiger partial charge is 0.271 e. The van der Waals surface area contributed by atoms with Crippen LogP contribution in [-0.2, 0) is 0 Å². The molecule has 0 saturated heterocycles. The van der Waals surface area contributed by atoms with Crippen molar-refractivity contribution in [2.45, 2.75) is 45.2 Å². The number of aryl methyl sites for hydroxylation is 2. The third-order valence-corrected chi connectivity index (χ3v) is 6.21. The van der Waals surface area contributed by atoms with Gasteiger partial charge in [0.05, 0.1) is 0 Å². The van der Waals surface area contributed by atoms with E-state index in [1.54, 1.807) is 4.90 Å². The minimum absolute atomic E-state index is 0.0641. The zero-order valence-electron chi connectivity index (χ0n) is 15.5. The van der Waals surface area contributed by atoms with E-state index in [1.807, 2.05) is 56.3 Å². The number of nitrogens with zero attached hydrogens (tertiary/aromatic N) is 2. The Balaban J connectivity index is 1.77. The van der Waals surface area contributed by atoms with E-state index < -0.39 is 5.66 Å². The van der Waals surface area contributed by atoms with Gasteiger partial charge >= 0.3 is 0 Å². The fourth-order valence-electron chi connectivity index (χ4n) is 3.99. The normalized spacial score (nSPS) is 18.3. The lowest BCUT2D eigenvalue weighted by molar-refractivity contribution is 0.0724. The number of carbonyl (C=O) groups excluding carboxylic acids is 1. The number of thiocarbonyl (C=S) groups is 1. The van der Waals surface area contributed by atoms with Gasteiger partial charge in [0, 0.05) is 16.1 Å². The minimum atomic E-state index is -0.551. The molecule has 138 valence electrons. The molecular formula is C22H21ClN2OS. The lowest BCUT2D eigenvalue weighted by Gasteiger charge is -2.32. The zero-order chi connectivity index (χ0) is 19.2. The molecule has 27 heavy (non-hydrogen) atoms. The average molecular weight is 397 g/mol. The molecule has 0 N–H and O–H groups in total. The minimum Gasteiger partial charge on any atom is -0.271 e. The molecule has 0 bridgehead atoms. The van der Waals surface area contributed by atoms with E-state index in [0.717, 1.165) is 36.8 Å². The number of hydrogen-bond donors (Lipinski definition) is 0. The van der Waals surface area contributed by atoms with Gasteiger partial charge in [-0.3, -0.25) is 14.7 Å². The van der Waals surface area contributed by atoms with Crippen LogP contribution in [0.2, 0.25) is 5.02 Å². The summed E-state index contributed by atoms with van der Waals surface area (Å²) in [4.78, 5) is 20.7. The molecule has 1 amide bonds. The van der Waals surface area contributed by atoms with Gasteiger partial charge in [-0.05, 0) is 74.9 Å². The number of rotatable bonds is 2. The molecule has 1 saturated carbocycles. The number of benzene rings is 2. The Morgan fingerprint density at radius 2 is 1.85 bits per heavy atom. The lowest BCUT2D eigenvalue weighted by Crippen LogP contribution is -2.48. The molecule has 0 unspecified atom stereocenters. The smallest absolute Gasteiger partial charge is 0.260 e. The molecule has 3 nitrogen and oxygen atoms in total. The van der Waals surface area contributed by atoms with Crippen molar-refractivity contribution in [1.82, 2.24) is 4.90 Å². The van der Waals surface area contributed by atoms with Crippen molar-refractivity contribution in [3.8, 4) is 0 Å². The van der Waals surface area contributed by atoms with Crippen LogP contribution in [0.5, 0.6) is 0 Å². The van der Waals surface area contributed by atoms with Crippen LogP contribution in [0.1, 0.15) is 52.7 Å². The summed E-state index contributed by atoms with van der Waals surface area (Å²) in [7, 11) is 0. The molecule has 2 aromatic carbocycles. The SMILES string of the molecule is Cc1ccc(C(=O)N2C(=S)C(c3cccc(Cl)c3)=NC23CCCC3)cc1C. The lowest BCUT2D eigenvalue weighted by atomic mass is 10.0. The van der Waals surface area contributed by atoms with Gasteiger partial charge in [0.15, 0.2) is 0 Å². The number of aliphatic imine (C=N–C) groups is 1. The molecular weight excluding hydrogens is 376 g/mol. The molecule has 0 atom stereocenters. The Kier molecular flexibility index (Phi) is 4.65. The molecule has 1 spiro atoms. The molecule has 0 aromatic heterocycles. The second-order valence-electron chi connectivity index (χ2n) is 7.41. The fraction of sp³-hybridized carbons (Fsp3) is 0.318. The summed E-state index contributed by atoms with van der Waals surface area (Å²) in [6.45, 7) is 4.07. The second kappa shape index (κ2) is 6.84. The highest BCUT2D eigenvalue weighted by atomic mass is 35.5. The number of amides is 1. The first-order valence-electron chi connectivity index (χ1n) is 9.23. The van der Waals surface area contributed by atoms with E-state index in [1.165, 1.54) is 5.56 Å². The monoisotopic (exact) mass is 396 g/mol. The highest BCUT2D eigenvalue weighted by Gasteiger charge is 2.50. The predicted molar refractivity (Wildman–Crippen MR) is 114 cm³/mol. The Morgan fingerprint density at radius 3 is 2.52 bits per heavy atom. The maximum Gasteiger partial charge on any atom is 0.260 e. The first-order valence-corrected chi connectivity index (χ1v) is 10.0. The second-order valence-corrected chi connectivity index (χ2v) is 8.23. The molecule has 2 aromatic rings.